The van der Waals surface area contributed by atoms with Crippen molar-refractivity contribution in [3.8, 4) is 0 Å². The van der Waals surface area contributed by atoms with E-state index in [4.69, 9.17) is 4.74 Å². The van der Waals surface area contributed by atoms with Gasteiger partial charge >= 0.3 is 0 Å². The Morgan fingerprint density at radius 2 is 2.18 bits per heavy atom. The van der Waals surface area contributed by atoms with E-state index >= 15 is 0 Å². The van der Waals surface area contributed by atoms with E-state index in [1.54, 1.807) is 0 Å². The van der Waals surface area contributed by atoms with Gasteiger partial charge in [-0.2, -0.15) is 0 Å². The zero-order chi connectivity index (χ0) is 11.9. The molecule has 0 spiro atoms. The predicted octanol–water partition coefficient (Wildman–Crippen LogP) is 1.63. The molecule has 17 heavy (non-hydrogen) atoms. The molecule has 1 aliphatic carbocycles. The van der Waals surface area contributed by atoms with Gasteiger partial charge in [0.15, 0.2) is 0 Å². The van der Waals surface area contributed by atoms with Gasteiger partial charge in [-0.3, -0.25) is 4.90 Å². The molecular formula is C14H26N2O. The van der Waals surface area contributed by atoms with Crippen LogP contribution in [0.1, 0.15) is 39.5 Å². The van der Waals surface area contributed by atoms with Crippen LogP contribution in [0, 0.1) is 5.92 Å². The maximum atomic E-state index is 5.59. The molecule has 98 valence electrons. The maximum absolute atomic E-state index is 5.59. The lowest BCUT2D eigenvalue weighted by atomic mass is 9.89. The van der Waals surface area contributed by atoms with E-state index in [9.17, 15) is 0 Å². The lowest BCUT2D eigenvalue weighted by molar-refractivity contribution is 0.0314. The molecule has 3 unspecified atom stereocenters. The van der Waals surface area contributed by atoms with Crippen LogP contribution in [0.5, 0.6) is 0 Å². The number of hydrogen-bond donors (Lipinski definition) is 1. The first kappa shape index (κ1) is 11.9. The standard InChI is InChI=1S/C14H26N2O/c1-3-12-8-15-14(2,11-4-5-11)10-16(12)13-6-7-17-9-13/h11-13,15H,3-10H2,1-2H3. The van der Waals surface area contributed by atoms with Crippen LogP contribution in [0.15, 0.2) is 0 Å². The topological polar surface area (TPSA) is 24.5 Å². The summed E-state index contributed by atoms with van der Waals surface area (Å²) in [5.74, 6) is 0.921. The summed E-state index contributed by atoms with van der Waals surface area (Å²) in [6.45, 7) is 9.06. The Hall–Kier alpha value is -0.120. The van der Waals surface area contributed by atoms with E-state index < -0.39 is 0 Å². The highest BCUT2D eigenvalue weighted by Crippen LogP contribution is 2.42. The fourth-order valence-corrected chi connectivity index (χ4v) is 3.62. The molecule has 0 aromatic heterocycles. The molecule has 0 bridgehead atoms. The summed E-state index contributed by atoms with van der Waals surface area (Å²) in [4.78, 5) is 2.75. The third-order valence-electron chi connectivity index (χ3n) is 5.05. The highest BCUT2D eigenvalue weighted by Gasteiger charge is 2.47. The van der Waals surface area contributed by atoms with Crippen molar-refractivity contribution >= 4 is 0 Å². The molecular weight excluding hydrogens is 212 g/mol. The van der Waals surface area contributed by atoms with Crippen molar-refractivity contribution < 1.29 is 4.74 Å². The third-order valence-corrected chi connectivity index (χ3v) is 5.05. The SMILES string of the molecule is CCC1CNC(C)(C2CC2)CN1C1CCOC1. The highest BCUT2D eigenvalue weighted by atomic mass is 16.5. The lowest BCUT2D eigenvalue weighted by Crippen LogP contribution is -2.66. The number of ether oxygens (including phenoxy) is 1. The summed E-state index contributed by atoms with van der Waals surface area (Å²) in [6, 6.07) is 1.40. The van der Waals surface area contributed by atoms with Gasteiger partial charge in [-0.1, -0.05) is 6.92 Å². The lowest BCUT2D eigenvalue weighted by Gasteiger charge is -2.48. The second kappa shape index (κ2) is 4.52. The summed E-state index contributed by atoms with van der Waals surface area (Å²) >= 11 is 0. The third kappa shape index (κ3) is 2.25. The number of piperazine rings is 1. The molecule has 3 nitrogen and oxygen atoms in total. The van der Waals surface area contributed by atoms with Gasteiger partial charge in [-0.05, 0) is 38.5 Å². The van der Waals surface area contributed by atoms with Crippen molar-refractivity contribution in [2.45, 2.75) is 57.2 Å². The van der Waals surface area contributed by atoms with Crippen LogP contribution >= 0.6 is 0 Å². The number of rotatable bonds is 3. The van der Waals surface area contributed by atoms with Gasteiger partial charge in [0.05, 0.1) is 6.61 Å². The van der Waals surface area contributed by atoms with Gasteiger partial charge in [0.2, 0.25) is 0 Å². The van der Waals surface area contributed by atoms with Crippen LogP contribution in [0.2, 0.25) is 0 Å². The molecule has 3 atom stereocenters. The average Bonchev–Trinajstić information content (AvgIpc) is 3.06. The van der Waals surface area contributed by atoms with Gasteiger partial charge in [-0.15, -0.1) is 0 Å². The van der Waals surface area contributed by atoms with E-state index in [0.29, 0.717) is 17.6 Å². The van der Waals surface area contributed by atoms with Crippen LogP contribution < -0.4 is 5.32 Å². The molecule has 2 aliphatic heterocycles. The number of hydrogen-bond acceptors (Lipinski definition) is 3. The zero-order valence-electron chi connectivity index (χ0n) is 11.2. The largest absolute Gasteiger partial charge is 0.380 e. The molecule has 0 amide bonds. The molecule has 2 saturated heterocycles. The van der Waals surface area contributed by atoms with E-state index in [1.807, 2.05) is 0 Å². The van der Waals surface area contributed by atoms with Crippen molar-refractivity contribution in [2.75, 3.05) is 26.3 Å². The first-order valence-corrected chi connectivity index (χ1v) is 7.31. The van der Waals surface area contributed by atoms with Crippen LogP contribution in [-0.2, 0) is 4.74 Å². The van der Waals surface area contributed by atoms with Gasteiger partial charge in [0.25, 0.3) is 0 Å². The Balaban J connectivity index is 1.71. The normalized spacial score (nSPS) is 44.1. The van der Waals surface area contributed by atoms with Crippen molar-refractivity contribution in [3.05, 3.63) is 0 Å². The summed E-state index contributed by atoms with van der Waals surface area (Å²) in [5.41, 5.74) is 0.369. The summed E-state index contributed by atoms with van der Waals surface area (Å²) in [7, 11) is 0. The molecule has 3 rings (SSSR count). The highest BCUT2D eigenvalue weighted by molar-refractivity contribution is 5.05. The summed E-state index contributed by atoms with van der Waals surface area (Å²) in [6.07, 6.45) is 5.34. The fraction of sp³-hybridized carbons (Fsp3) is 1.00. The second-order valence-electron chi connectivity index (χ2n) is 6.32. The fourth-order valence-electron chi connectivity index (χ4n) is 3.62. The Kier molecular flexibility index (Phi) is 3.18. The Morgan fingerprint density at radius 3 is 2.76 bits per heavy atom. The van der Waals surface area contributed by atoms with Crippen LogP contribution in [-0.4, -0.2) is 48.8 Å². The first-order chi connectivity index (χ1) is 8.23. The Morgan fingerprint density at radius 1 is 1.35 bits per heavy atom. The molecule has 0 aromatic rings. The molecule has 3 aliphatic rings. The van der Waals surface area contributed by atoms with Crippen molar-refractivity contribution in [1.29, 1.82) is 0 Å². The molecule has 0 aromatic carbocycles. The predicted molar refractivity (Wildman–Crippen MR) is 69.1 cm³/mol. The van der Waals surface area contributed by atoms with E-state index in [0.717, 1.165) is 19.1 Å². The van der Waals surface area contributed by atoms with Crippen molar-refractivity contribution in [3.63, 3.8) is 0 Å². The second-order valence-corrected chi connectivity index (χ2v) is 6.32. The number of nitrogens with zero attached hydrogens (tertiary/aromatic N) is 1. The van der Waals surface area contributed by atoms with E-state index in [1.165, 1.54) is 38.8 Å². The molecule has 1 saturated carbocycles. The smallest absolute Gasteiger partial charge is 0.0622 e. The van der Waals surface area contributed by atoms with Crippen LogP contribution in [0.4, 0.5) is 0 Å². The van der Waals surface area contributed by atoms with Gasteiger partial charge in [0, 0.05) is 37.3 Å². The summed E-state index contributed by atoms with van der Waals surface area (Å²) < 4.78 is 5.59. The van der Waals surface area contributed by atoms with Gasteiger partial charge < -0.3 is 10.1 Å². The van der Waals surface area contributed by atoms with Crippen LogP contribution in [0.3, 0.4) is 0 Å². The average molecular weight is 238 g/mol. The zero-order valence-corrected chi connectivity index (χ0v) is 11.2. The molecule has 3 fully saturated rings. The summed E-state index contributed by atoms with van der Waals surface area (Å²) in [5, 5.41) is 3.83. The molecule has 1 N–H and O–H groups in total. The van der Waals surface area contributed by atoms with Crippen LogP contribution in [0.25, 0.3) is 0 Å². The van der Waals surface area contributed by atoms with E-state index in [-0.39, 0.29) is 0 Å². The Bertz CT molecular complexity index is 271. The minimum atomic E-state index is 0.369. The molecule has 2 heterocycles. The van der Waals surface area contributed by atoms with Gasteiger partial charge in [0.1, 0.15) is 0 Å². The first-order valence-electron chi connectivity index (χ1n) is 7.31. The van der Waals surface area contributed by atoms with Crippen molar-refractivity contribution in [2.24, 2.45) is 5.92 Å². The number of nitrogens with one attached hydrogen (secondary N) is 1. The maximum Gasteiger partial charge on any atom is 0.0622 e. The molecule has 3 heteroatoms. The molecule has 0 radical (unpaired) electrons. The quantitative estimate of drug-likeness (QED) is 0.809. The van der Waals surface area contributed by atoms with Crippen molar-refractivity contribution in [1.82, 2.24) is 10.2 Å². The minimum Gasteiger partial charge on any atom is -0.380 e. The van der Waals surface area contributed by atoms with E-state index in [2.05, 4.69) is 24.1 Å². The Labute approximate surface area is 105 Å². The van der Waals surface area contributed by atoms with Gasteiger partial charge in [-0.25, -0.2) is 0 Å². The minimum absolute atomic E-state index is 0.369. The monoisotopic (exact) mass is 238 g/mol.